The van der Waals surface area contributed by atoms with Crippen LogP contribution in [0.4, 0.5) is 0 Å². The first-order chi connectivity index (χ1) is 10.2. The minimum atomic E-state index is 0.658. The second-order valence-corrected chi connectivity index (χ2v) is 5.77. The molecule has 108 valence electrons. The number of nitrogens with one attached hydrogen (secondary N) is 1. The summed E-state index contributed by atoms with van der Waals surface area (Å²) in [6, 6.07) is 16.8. The molecule has 0 aliphatic rings. The fourth-order valence-corrected chi connectivity index (χ4v) is 2.49. The molecule has 0 saturated carbocycles. The van der Waals surface area contributed by atoms with Gasteiger partial charge >= 0.3 is 0 Å². The Hall–Kier alpha value is -2.13. The molecule has 0 fully saturated rings. The van der Waals surface area contributed by atoms with Gasteiger partial charge in [-0.2, -0.15) is 5.10 Å². The minimum Gasteiger partial charge on any atom is -0.311 e. The summed E-state index contributed by atoms with van der Waals surface area (Å²) in [5.74, 6) is 0.658. The lowest BCUT2D eigenvalue weighted by Gasteiger charge is -2.07. The van der Waals surface area contributed by atoms with Crippen molar-refractivity contribution in [2.45, 2.75) is 20.4 Å². The topological polar surface area (TPSA) is 29.9 Å². The third-order valence-electron chi connectivity index (χ3n) is 3.52. The van der Waals surface area contributed by atoms with Gasteiger partial charge in [0.15, 0.2) is 0 Å². The van der Waals surface area contributed by atoms with Crippen molar-refractivity contribution in [2.24, 2.45) is 5.92 Å². The Balaban J connectivity index is 1.85. The molecule has 3 nitrogen and oxygen atoms in total. The molecule has 3 rings (SSSR count). The molecule has 21 heavy (non-hydrogen) atoms. The second kappa shape index (κ2) is 6.10. The van der Waals surface area contributed by atoms with Gasteiger partial charge in [0, 0.05) is 18.1 Å². The molecule has 0 saturated heterocycles. The first-order valence-electron chi connectivity index (χ1n) is 7.47. The average Bonchev–Trinajstić information content (AvgIpc) is 2.95. The molecule has 0 atom stereocenters. The zero-order valence-electron chi connectivity index (χ0n) is 12.6. The lowest BCUT2D eigenvalue weighted by molar-refractivity contribution is 0.546. The summed E-state index contributed by atoms with van der Waals surface area (Å²) in [6.07, 6.45) is 2.04. The van der Waals surface area contributed by atoms with Gasteiger partial charge in [-0.05, 0) is 30.0 Å². The highest BCUT2D eigenvalue weighted by Gasteiger charge is 2.05. The third-order valence-corrected chi connectivity index (χ3v) is 3.52. The standard InChI is InChI=1S/C18H21N3/c1-14(2)12-19-13-16-10-11-21(20-16)18-9-5-7-15-6-3-4-8-17(15)18/h3-11,14,19H,12-13H2,1-2H3. The number of rotatable bonds is 5. The largest absolute Gasteiger partial charge is 0.311 e. The monoisotopic (exact) mass is 279 g/mol. The fourth-order valence-electron chi connectivity index (χ4n) is 2.49. The zero-order chi connectivity index (χ0) is 14.7. The molecule has 0 bridgehead atoms. The number of hydrogen-bond donors (Lipinski definition) is 1. The summed E-state index contributed by atoms with van der Waals surface area (Å²) in [6.45, 7) is 6.25. The Morgan fingerprint density at radius 1 is 1.05 bits per heavy atom. The Morgan fingerprint density at radius 2 is 1.86 bits per heavy atom. The molecule has 1 heterocycles. The van der Waals surface area contributed by atoms with Crippen molar-refractivity contribution >= 4 is 10.8 Å². The first kappa shape index (κ1) is 13.8. The number of benzene rings is 2. The average molecular weight is 279 g/mol. The van der Waals surface area contributed by atoms with Crippen LogP contribution in [0.25, 0.3) is 16.5 Å². The van der Waals surface area contributed by atoms with Crippen molar-refractivity contribution in [1.82, 2.24) is 15.1 Å². The summed E-state index contributed by atoms with van der Waals surface area (Å²) in [5.41, 5.74) is 2.20. The van der Waals surface area contributed by atoms with Gasteiger partial charge in [-0.3, -0.25) is 0 Å². The van der Waals surface area contributed by atoms with Crippen LogP contribution in [0.5, 0.6) is 0 Å². The number of fused-ring (bicyclic) bond motifs is 1. The van der Waals surface area contributed by atoms with Crippen LogP contribution in [0.3, 0.4) is 0 Å². The summed E-state index contributed by atoms with van der Waals surface area (Å²) >= 11 is 0. The van der Waals surface area contributed by atoms with Crippen molar-refractivity contribution in [2.75, 3.05) is 6.54 Å². The van der Waals surface area contributed by atoms with Crippen LogP contribution in [0.1, 0.15) is 19.5 Å². The Labute approximate surface area is 125 Å². The highest BCUT2D eigenvalue weighted by Crippen LogP contribution is 2.21. The van der Waals surface area contributed by atoms with E-state index in [1.54, 1.807) is 0 Å². The molecule has 0 aliphatic carbocycles. The predicted octanol–water partition coefficient (Wildman–Crippen LogP) is 3.77. The molecular weight excluding hydrogens is 258 g/mol. The van der Waals surface area contributed by atoms with Gasteiger partial charge in [-0.15, -0.1) is 0 Å². The van der Waals surface area contributed by atoms with Crippen molar-refractivity contribution in [3.05, 3.63) is 60.4 Å². The van der Waals surface area contributed by atoms with Crippen LogP contribution >= 0.6 is 0 Å². The molecule has 0 spiro atoms. The minimum absolute atomic E-state index is 0.658. The zero-order valence-corrected chi connectivity index (χ0v) is 12.6. The molecule has 2 aromatic carbocycles. The number of nitrogens with zero attached hydrogens (tertiary/aromatic N) is 2. The van der Waals surface area contributed by atoms with Gasteiger partial charge in [0.2, 0.25) is 0 Å². The van der Waals surface area contributed by atoms with E-state index in [-0.39, 0.29) is 0 Å². The fraction of sp³-hybridized carbons (Fsp3) is 0.278. The van der Waals surface area contributed by atoms with Crippen LogP contribution in [-0.4, -0.2) is 16.3 Å². The van der Waals surface area contributed by atoms with Gasteiger partial charge < -0.3 is 5.32 Å². The van der Waals surface area contributed by atoms with Gasteiger partial charge in [-0.25, -0.2) is 4.68 Å². The maximum atomic E-state index is 4.68. The first-order valence-corrected chi connectivity index (χ1v) is 7.47. The quantitative estimate of drug-likeness (QED) is 0.770. The lowest BCUT2D eigenvalue weighted by atomic mass is 10.1. The van der Waals surface area contributed by atoms with E-state index in [2.05, 4.69) is 72.8 Å². The molecule has 3 aromatic rings. The van der Waals surface area contributed by atoms with Crippen LogP contribution in [0.15, 0.2) is 54.7 Å². The van der Waals surface area contributed by atoms with Gasteiger partial charge in [-0.1, -0.05) is 50.2 Å². The molecule has 1 aromatic heterocycles. The normalized spacial score (nSPS) is 11.4. The van der Waals surface area contributed by atoms with Gasteiger partial charge in [0.1, 0.15) is 0 Å². The van der Waals surface area contributed by atoms with Gasteiger partial charge in [0.25, 0.3) is 0 Å². The van der Waals surface area contributed by atoms with Gasteiger partial charge in [0.05, 0.1) is 11.4 Å². The molecule has 0 amide bonds. The maximum absolute atomic E-state index is 4.68. The molecule has 3 heteroatoms. The molecule has 1 N–H and O–H groups in total. The van der Waals surface area contributed by atoms with Crippen LogP contribution in [0.2, 0.25) is 0 Å². The number of hydrogen-bond acceptors (Lipinski definition) is 2. The van der Waals surface area contributed by atoms with E-state index < -0.39 is 0 Å². The molecular formula is C18H21N3. The van der Waals surface area contributed by atoms with E-state index in [0.29, 0.717) is 5.92 Å². The van der Waals surface area contributed by atoms with E-state index in [1.165, 1.54) is 10.8 Å². The summed E-state index contributed by atoms with van der Waals surface area (Å²) in [4.78, 5) is 0. The summed E-state index contributed by atoms with van der Waals surface area (Å²) < 4.78 is 1.97. The van der Waals surface area contributed by atoms with Crippen LogP contribution < -0.4 is 5.32 Å². The molecule has 0 radical (unpaired) electrons. The predicted molar refractivity (Wildman–Crippen MR) is 87.6 cm³/mol. The van der Waals surface area contributed by atoms with E-state index in [9.17, 15) is 0 Å². The van der Waals surface area contributed by atoms with E-state index in [0.717, 1.165) is 24.5 Å². The van der Waals surface area contributed by atoms with Crippen molar-refractivity contribution in [3.63, 3.8) is 0 Å². The Kier molecular flexibility index (Phi) is 4.02. The van der Waals surface area contributed by atoms with E-state index in [4.69, 9.17) is 0 Å². The van der Waals surface area contributed by atoms with E-state index >= 15 is 0 Å². The second-order valence-electron chi connectivity index (χ2n) is 5.77. The molecule has 0 unspecified atom stereocenters. The Bertz CT molecular complexity index is 723. The highest BCUT2D eigenvalue weighted by atomic mass is 15.3. The van der Waals surface area contributed by atoms with Crippen LogP contribution in [0, 0.1) is 5.92 Å². The summed E-state index contributed by atoms with van der Waals surface area (Å²) in [7, 11) is 0. The SMILES string of the molecule is CC(C)CNCc1ccn(-c2cccc3ccccc23)n1. The van der Waals surface area contributed by atoms with Crippen LogP contribution in [-0.2, 0) is 6.54 Å². The number of aromatic nitrogens is 2. The van der Waals surface area contributed by atoms with Crippen molar-refractivity contribution < 1.29 is 0 Å². The maximum Gasteiger partial charge on any atom is 0.0766 e. The van der Waals surface area contributed by atoms with Crippen molar-refractivity contribution in [1.29, 1.82) is 0 Å². The van der Waals surface area contributed by atoms with Crippen molar-refractivity contribution in [3.8, 4) is 5.69 Å². The highest BCUT2D eigenvalue weighted by molar-refractivity contribution is 5.89. The summed E-state index contributed by atoms with van der Waals surface area (Å²) in [5, 5.41) is 10.6. The Morgan fingerprint density at radius 3 is 2.71 bits per heavy atom. The third kappa shape index (κ3) is 3.14. The lowest BCUT2D eigenvalue weighted by Crippen LogP contribution is -2.19. The molecule has 0 aliphatic heterocycles. The smallest absolute Gasteiger partial charge is 0.0766 e. The van der Waals surface area contributed by atoms with E-state index in [1.807, 2.05) is 10.9 Å².